The Labute approximate surface area is 165 Å². The molecule has 4 bridgehead atoms. The van der Waals surface area contributed by atoms with Crippen LogP contribution in [0.1, 0.15) is 48.9 Å². The maximum atomic E-state index is 13.2. The predicted octanol–water partition coefficient (Wildman–Crippen LogP) is 2.90. The fraction of sp³-hybridized carbons (Fsp3) is 0.636. The smallest absolute Gasteiger partial charge is 0.251 e. The summed E-state index contributed by atoms with van der Waals surface area (Å²) >= 11 is 0. The molecular weight excluding hydrogens is 359 g/mol. The van der Waals surface area contributed by atoms with Crippen LogP contribution in [0, 0.1) is 29.0 Å². The molecule has 4 aliphatic carbocycles. The van der Waals surface area contributed by atoms with Gasteiger partial charge in [-0.25, -0.2) is 4.39 Å². The Morgan fingerprint density at radius 1 is 1.11 bits per heavy atom. The molecule has 28 heavy (non-hydrogen) atoms. The maximum absolute atomic E-state index is 13.2. The summed E-state index contributed by atoms with van der Waals surface area (Å²) in [6.07, 6.45) is 6.82. The fourth-order valence-electron chi connectivity index (χ4n) is 6.22. The van der Waals surface area contributed by atoms with Crippen molar-refractivity contribution in [1.29, 1.82) is 0 Å². The number of rotatable bonds is 7. The van der Waals surface area contributed by atoms with Crippen molar-refractivity contribution < 1.29 is 18.7 Å². The molecule has 0 unspecified atom stereocenters. The van der Waals surface area contributed by atoms with Crippen LogP contribution in [0.2, 0.25) is 0 Å². The van der Waals surface area contributed by atoms with E-state index in [1.165, 1.54) is 43.5 Å². The number of hydrogen-bond donors (Lipinski definition) is 2. The second kappa shape index (κ2) is 7.82. The molecule has 0 heterocycles. The standard InChI is InChI=1S/C22H29FN2O3/c1-28-7-6-24-21(27)19(25-20(26)17-2-4-18(23)5-3-17)22-11-14-8-15(12-22)10-16(9-14)13-22/h2-5,14-16,19H,6-13H2,1H3,(H,24,27)(H,25,26)/t14?,15?,16?,19-,22?/m0/s1. The summed E-state index contributed by atoms with van der Waals surface area (Å²) in [5.41, 5.74) is 0.211. The van der Waals surface area contributed by atoms with Gasteiger partial charge in [0.25, 0.3) is 5.91 Å². The topological polar surface area (TPSA) is 67.4 Å². The summed E-state index contributed by atoms with van der Waals surface area (Å²) in [6.45, 7) is 0.857. The van der Waals surface area contributed by atoms with Crippen molar-refractivity contribution in [3.63, 3.8) is 0 Å². The summed E-state index contributed by atoms with van der Waals surface area (Å²) in [7, 11) is 1.60. The highest BCUT2D eigenvalue weighted by Crippen LogP contribution is 2.61. The number of carbonyl (C=O) groups is 2. The third kappa shape index (κ3) is 3.79. The van der Waals surface area contributed by atoms with Gasteiger partial charge in [0.05, 0.1) is 6.61 Å². The van der Waals surface area contributed by atoms with Crippen molar-refractivity contribution in [1.82, 2.24) is 10.6 Å². The molecule has 1 aromatic carbocycles. The number of methoxy groups -OCH3 is 1. The van der Waals surface area contributed by atoms with Gasteiger partial charge in [-0.1, -0.05) is 0 Å². The lowest BCUT2D eigenvalue weighted by atomic mass is 9.47. The van der Waals surface area contributed by atoms with Crippen LogP contribution >= 0.6 is 0 Å². The van der Waals surface area contributed by atoms with E-state index in [4.69, 9.17) is 4.74 Å². The molecule has 0 spiro atoms. The molecule has 0 aromatic heterocycles. The molecule has 4 fully saturated rings. The van der Waals surface area contributed by atoms with E-state index in [9.17, 15) is 14.0 Å². The van der Waals surface area contributed by atoms with Crippen LogP contribution in [-0.2, 0) is 9.53 Å². The average Bonchev–Trinajstić information content (AvgIpc) is 2.65. The van der Waals surface area contributed by atoms with Crippen LogP contribution in [0.15, 0.2) is 24.3 Å². The first-order valence-corrected chi connectivity index (χ1v) is 10.3. The molecule has 4 saturated carbocycles. The Morgan fingerprint density at radius 3 is 2.21 bits per heavy atom. The quantitative estimate of drug-likeness (QED) is 0.706. The van der Waals surface area contributed by atoms with Gasteiger partial charge in [0.15, 0.2) is 0 Å². The SMILES string of the molecule is COCCNC(=O)[C@H](NC(=O)c1ccc(F)cc1)C12CC3CC(CC(C3)C1)C2. The van der Waals surface area contributed by atoms with E-state index in [0.717, 1.165) is 19.3 Å². The summed E-state index contributed by atoms with van der Waals surface area (Å²) < 4.78 is 18.3. The number of carbonyl (C=O) groups excluding carboxylic acids is 2. The lowest BCUT2D eigenvalue weighted by Gasteiger charge is -2.58. The first-order valence-electron chi connectivity index (χ1n) is 10.3. The van der Waals surface area contributed by atoms with E-state index < -0.39 is 6.04 Å². The van der Waals surface area contributed by atoms with Gasteiger partial charge in [0, 0.05) is 24.6 Å². The largest absolute Gasteiger partial charge is 0.383 e. The lowest BCUT2D eigenvalue weighted by molar-refractivity contribution is -0.134. The Balaban J connectivity index is 1.56. The summed E-state index contributed by atoms with van der Waals surface area (Å²) in [5.74, 6) is 1.18. The number of ether oxygens (including phenoxy) is 1. The molecule has 0 radical (unpaired) electrons. The molecule has 6 heteroatoms. The van der Waals surface area contributed by atoms with E-state index in [-0.39, 0.29) is 23.0 Å². The zero-order valence-corrected chi connectivity index (χ0v) is 16.4. The van der Waals surface area contributed by atoms with Crippen molar-refractivity contribution in [3.05, 3.63) is 35.6 Å². The van der Waals surface area contributed by atoms with Gasteiger partial charge in [-0.3, -0.25) is 9.59 Å². The molecule has 1 atom stereocenters. The fourth-order valence-corrected chi connectivity index (χ4v) is 6.22. The van der Waals surface area contributed by atoms with Crippen molar-refractivity contribution in [3.8, 4) is 0 Å². The van der Waals surface area contributed by atoms with Crippen LogP contribution in [0.5, 0.6) is 0 Å². The van der Waals surface area contributed by atoms with Gasteiger partial charge in [-0.15, -0.1) is 0 Å². The van der Waals surface area contributed by atoms with Crippen LogP contribution < -0.4 is 10.6 Å². The number of amides is 2. The number of hydrogen-bond acceptors (Lipinski definition) is 3. The average molecular weight is 388 g/mol. The highest BCUT2D eigenvalue weighted by Gasteiger charge is 2.56. The van der Waals surface area contributed by atoms with Crippen molar-refractivity contribution in [2.75, 3.05) is 20.3 Å². The molecule has 2 N–H and O–H groups in total. The third-order valence-corrected chi connectivity index (χ3v) is 6.95. The van der Waals surface area contributed by atoms with Crippen molar-refractivity contribution >= 4 is 11.8 Å². The minimum atomic E-state index is -0.560. The zero-order valence-electron chi connectivity index (χ0n) is 16.4. The summed E-state index contributed by atoms with van der Waals surface area (Å²) in [5, 5.41) is 5.96. The van der Waals surface area contributed by atoms with Crippen LogP contribution in [-0.4, -0.2) is 38.1 Å². The Kier molecular flexibility index (Phi) is 5.41. The zero-order chi connectivity index (χ0) is 19.7. The van der Waals surface area contributed by atoms with Crippen LogP contribution in [0.3, 0.4) is 0 Å². The van der Waals surface area contributed by atoms with E-state index in [1.54, 1.807) is 7.11 Å². The van der Waals surface area contributed by atoms with Gasteiger partial charge >= 0.3 is 0 Å². The van der Waals surface area contributed by atoms with Crippen LogP contribution in [0.4, 0.5) is 4.39 Å². The van der Waals surface area contributed by atoms with Crippen molar-refractivity contribution in [2.45, 2.75) is 44.6 Å². The van der Waals surface area contributed by atoms with Crippen molar-refractivity contribution in [2.24, 2.45) is 23.2 Å². The number of halogens is 1. The number of benzene rings is 1. The first kappa shape index (κ1) is 19.4. The monoisotopic (exact) mass is 388 g/mol. The van der Waals surface area contributed by atoms with Gasteiger partial charge < -0.3 is 15.4 Å². The maximum Gasteiger partial charge on any atom is 0.251 e. The van der Waals surface area contributed by atoms with E-state index in [0.29, 0.717) is 36.5 Å². The molecule has 2 amide bonds. The highest BCUT2D eigenvalue weighted by atomic mass is 19.1. The molecule has 5 nitrogen and oxygen atoms in total. The predicted molar refractivity (Wildman–Crippen MR) is 103 cm³/mol. The molecule has 0 saturated heterocycles. The summed E-state index contributed by atoms with van der Waals surface area (Å²) in [4.78, 5) is 26.0. The molecular formula is C22H29FN2O3. The first-order chi connectivity index (χ1) is 13.5. The number of nitrogens with one attached hydrogen (secondary N) is 2. The van der Waals surface area contributed by atoms with E-state index in [1.807, 2.05) is 0 Å². The normalized spacial score (nSPS) is 31.4. The molecule has 152 valence electrons. The molecule has 4 aliphatic rings. The molecule has 1 aromatic rings. The van der Waals surface area contributed by atoms with Gasteiger partial charge in [0.1, 0.15) is 11.9 Å². The van der Waals surface area contributed by atoms with Gasteiger partial charge in [0.2, 0.25) is 5.91 Å². The second-order valence-corrected chi connectivity index (χ2v) is 8.98. The summed E-state index contributed by atoms with van der Waals surface area (Å²) in [6, 6.07) is 4.91. The lowest BCUT2D eigenvalue weighted by Crippen LogP contribution is -2.62. The molecule has 5 rings (SSSR count). The Morgan fingerprint density at radius 2 is 1.68 bits per heavy atom. The van der Waals surface area contributed by atoms with E-state index >= 15 is 0 Å². The van der Waals surface area contributed by atoms with E-state index in [2.05, 4.69) is 10.6 Å². The molecule has 0 aliphatic heterocycles. The third-order valence-electron chi connectivity index (χ3n) is 6.95. The van der Waals surface area contributed by atoms with Crippen LogP contribution in [0.25, 0.3) is 0 Å². The Bertz CT molecular complexity index is 699. The van der Waals surface area contributed by atoms with Gasteiger partial charge in [-0.2, -0.15) is 0 Å². The second-order valence-electron chi connectivity index (χ2n) is 8.98. The van der Waals surface area contributed by atoms with Gasteiger partial charge in [-0.05, 0) is 80.5 Å². The Hall–Kier alpha value is -1.95. The minimum absolute atomic E-state index is 0.130. The minimum Gasteiger partial charge on any atom is -0.383 e. The highest BCUT2D eigenvalue weighted by molar-refractivity contribution is 5.97.